The first kappa shape index (κ1) is 23.2. The molecule has 3 aromatic rings. The van der Waals surface area contributed by atoms with E-state index in [-0.39, 0.29) is 19.5 Å². The molecule has 4 rings (SSSR count). The van der Waals surface area contributed by atoms with Gasteiger partial charge in [0.15, 0.2) is 0 Å². The van der Waals surface area contributed by atoms with Gasteiger partial charge in [0.05, 0.1) is 36.0 Å². The fourth-order valence-corrected chi connectivity index (χ4v) is 3.40. The van der Waals surface area contributed by atoms with Gasteiger partial charge in [0.1, 0.15) is 17.2 Å². The summed E-state index contributed by atoms with van der Waals surface area (Å²) in [5.41, 5.74) is 1.63. The van der Waals surface area contributed by atoms with Crippen molar-refractivity contribution in [2.24, 2.45) is 0 Å². The zero-order valence-electron chi connectivity index (χ0n) is 17.8. The fourth-order valence-electron chi connectivity index (χ4n) is 3.40. The lowest BCUT2D eigenvalue weighted by Crippen LogP contribution is -2.25. The van der Waals surface area contributed by atoms with Gasteiger partial charge in [-0.2, -0.15) is 18.3 Å². The Kier molecular flexibility index (Phi) is 5.98. The molecule has 3 aromatic heterocycles. The second-order valence-corrected chi connectivity index (χ2v) is 7.73. The number of aromatic nitrogens is 4. The maximum Gasteiger partial charge on any atom is 0.433 e. The van der Waals surface area contributed by atoms with E-state index in [1.165, 1.54) is 23.4 Å². The molecule has 12 heteroatoms. The summed E-state index contributed by atoms with van der Waals surface area (Å²) in [6.07, 6.45) is -0.669. The van der Waals surface area contributed by atoms with Crippen LogP contribution in [0.3, 0.4) is 0 Å². The summed E-state index contributed by atoms with van der Waals surface area (Å²) in [4.78, 5) is 9.19. The van der Waals surface area contributed by atoms with E-state index in [1.807, 2.05) is 0 Å². The SMILES string of the molecule is C=C(Nc1cn[nH]c1C(=C)Nc1ccc(N2CCC(F)(F)C2)nc1)c1ccc(C(F)(F)F)nc1. The predicted octanol–water partition coefficient (Wildman–Crippen LogP) is 5.23. The largest absolute Gasteiger partial charge is 0.433 e. The maximum atomic E-state index is 13.4. The number of halogens is 5. The lowest BCUT2D eigenvalue weighted by atomic mass is 10.2. The van der Waals surface area contributed by atoms with Crippen molar-refractivity contribution in [1.29, 1.82) is 0 Å². The molecule has 0 amide bonds. The summed E-state index contributed by atoms with van der Waals surface area (Å²) in [7, 11) is 0. The van der Waals surface area contributed by atoms with Gasteiger partial charge in [-0.05, 0) is 24.3 Å². The van der Waals surface area contributed by atoms with Gasteiger partial charge in [-0.1, -0.05) is 13.2 Å². The van der Waals surface area contributed by atoms with Crippen LogP contribution in [0.1, 0.15) is 23.4 Å². The van der Waals surface area contributed by atoms with Crippen LogP contribution in [0.25, 0.3) is 11.4 Å². The monoisotopic (exact) mass is 477 g/mol. The fraction of sp³-hybridized carbons (Fsp3) is 0.227. The van der Waals surface area contributed by atoms with Crippen molar-refractivity contribution in [2.45, 2.75) is 18.5 Å². The standard InChI is InChI=1S/C22H20F5N7/c1-13(15-3-5-18(28-9-15)22(25,26)27)32-17-11-30-33-20(17)14(2)31-16-4-6-19(29-10-16)34-8-7-21(23,24)12-34/h3-6,9-11,31-32H,1-2,7-8,12H2,(H,30,33). The van der Waals surface area contributed by atoms with Gasteiger partial charge in [0.2, 0.25) is 0 Å². The number of alkyl halides is 5. The third kappa shape index (κ3) is 5.16. The van der Waals surface area contributed by atoms with Crippen LogP contribution in [0.4, 0.5) is 39.1 Å². The van der Waals surface area contributed by atoms with Gasteiger partial charge in [-0.15, -0.1) is 0 Å². The summed E-state index contributed by atoms with van der Waals surface area (Å²) < 4.78 is 65.0. The molecule has 4 heterocycles. The summed E-state index contributed by atoms with van der Waals surface area (Å²) >= 11 is 0. The Balaban J connectivity index is 1.40. The average molecular weight is 477 g/mol. The van der Waals surface area contributed by atoms with E-state index in [0.29, 0.717) is 39.8 Å². The molecule has 0 aliphatic carbocycles. The Morgan fingerprint density at radius 1 is 1.00 bits per heavy atom. The van der Waals surface area contributed by atoms with Crippen molar-refractivity contribution in [3.8, 4) is 0 Å². The number of hydrogen-bond acceptors (Lipinski definition) is 6. The zero-order valence-corrected chi connectivity index (χ0v) is 17.8. The summed E-state index contributed by atoms with van der Waals surface area (Å²) in [5.74, 6) is -2.25. The van der Waals surface area contributed by atoms with Crippen LogP contribution in [0, 0.1) is 0 Å². The van der Waals surface area contributed by atoms with E-state index in [9.17, 15) is 22.0 Å². The lowest BCUT2D eigenvalue weighted by molar-refractivity contribution is -0.141. The van der Waals surface area contributed by atoms with Gasteiger partial charge in [-0.3, -0.25) is 10.1 Å². The highest BCUT2D eigenvalue weighted by Gasteiger charge is 2.38. The number of rotatable bonds is 7. The van der Waals surface area contributed by atoms with Crippen LogP contribution < -0.4 is 15.5 Å². The van der Waals surface area contributed by atoms with Crippen LogP contribution in [0.2, 0.25) is 0 Å². The number of nitrogens with zero attached hydrogens (tertiary/aromatic N) is 4. The number of nitrogens with one attached hydrogen (secondary N) is 3. The van der Waals surface area contributed by atoms with Crippen LogP contribution in [-0.2, 0) is 6.18 Å². The molecule has 0 bridgehead atoms. The van der Waals surface area contributed by atoms with Crippen LogP contribution in [0.15, 0.2) is 56.0 Å². The van der Waals surface area contributed by atoms with Gasteiger partial charge < -0.3 is 15.5 Å². The minimum absolute atomic E-state index is 0.199. The molecule has 1 fully saturated rings. The molecule has 0 unspecified atom stereocenters. The van der Waals surface area contributed by atoms with Gasteiger partial charge in [0, 0.05) is 30.4 Å². The molecule has 0 saturated carbocycles. The first-order chi connectivity index (χ1) is 16.0. The Hall–Kier alpha value is -3.96. The molecule has 0 spiro atoms. The van der Waals surface area contributed by atoms with Crippen molar-refractivity contribution in [3.05, 3.63) is 73.0 Å². The molecule has 7 nitrogen and oxygen atoms in total. The zero-order chi connectivity index (χ0) is 24.5. The molecular weight excluding hydrogens is 457 g/mol. The summed E-state index contributed by atoms with van der Waals surface area (Å²) in [6.45, 7) is 7.68. The van der Waals surface area contributed by atoms with Crippen molar-refractivity contribution < 1.29 is 22.0 Å². The third-order valence-corrected chi connectivity index (χ3v) is 5.17. The first-order valence-electron chi connectivity index (χ1n) is 10.1. The Labute approximate surface area is 191 Å². The molecule has 0 radical (unpaired) electrons. The van der Waals surface area contributed by atoms with E-state index in [2.05, 4.69) is 44.0 Å². The van der Waals surface area contributed by atoms with Crippen molar-refractivity contribution in [2.75, 3.05) is 28.6 Å². The summed E-state index contributed by atoms with van der Waals surface area (Å²) in [5, 5.41) is 12.8. The predicted molar refractivity (Wildman–Crippen MR) is 119 cm³/mol. The molecule has 1 aliphatic rings. The highest BCUT2D eigenvalue weighted by molar-refractivity contribution is 5.84. The minimum Gasteiger partial charge on any atom is -0.353 e. The maximum absolute atomic E-state index is 13.4. The highest BCUT2D eigenvalue weighted by atomic mass is 19.4. The summed E-state index contributed by atoms with van der Waals surface area (Å²) in [6, 6.07) is 5.48. The van der Waals surface area contributed by atoms with E-state index in [4.69, 9.17) is 0 Å². The van der Waals surface area contributed by atoms with Crippen molar-refractivity contribution in [3.63, 3.8) is 0 Å². The van der Waals surface area contributed by atoms with Gasteiger partial charge in [-0.25, -0.2) is 13.8 Å². The molecular formula is C22H20F5N7. The molecule has 3 N–H and O–H groups in total. The quantitative estimate of drug-likeness (QED) is 0.405. The Morgan fingerprint density at radius 2 is 1.79 bits per heavy atom. The molecule has 0 atom stereocenters. The first-order valence-corrected chi connectivity index (χ1v) is 10.1. The number of aromatic amines is 1. The Bertz CT molecular complexity index is 1180. The van der Waals surface area contributed by atoms with Crippen LogP contribution in [0.5, 0.6) is 0 Å². The molecule has 178 valence electrons. The molecule has 1 aliphatic heterocycles. The second-order valence-electron chi connectivity index (χ2n) is 7.73. The highest BCUT2D eigenvalue weighted by Crippen LogP contribution is 2.31. The smallest absolute Gasteiger partial charge is 0.353 e. The normalized spacial score (nSPS) is 15.3. The number of H-pyrrole nitrogens is 1. The number of anilines is 3. The van der Waals surface area contributed by atoms with E-state index >= 15 is 0 Å². The number of hydrogen-bond donors (Lipinski definition) is 3. The molecule has 0 aromatic carbocycles. The van der Waals surface area contributed by atoms with E-state index < -0.39 is 17.8 Å². The molecule has 1 saturated heterocycles. The van der Waals surface area contributed by atoms with Crippen molar-refractivity contribution >= 4 is 28.6 Å². The lowest BCUT2D eigenvalue weighted by Gasteiger charge is -2.17. The van der Waals surface area contributed by atoms with Crippen molar-refractivity contribution in [1.82, 2.24) is 20.2 Å². The topological polar surface area (TPSA) is 81.8 Å². The van der Waals surface area contributed by atoms with Crippen LogP contribution in [-0.4, -0.2) is 39.2 Å². The Morgan fingerprint density at radius 3 is 2.38 bits per heavy atom. The number of pyridine rings is 2. The van der Waals surface area contributed by atoms with E-state index in [1.54, 1.807) is 12.1 Å². The van der Waals surface area contributed by atoms with Gasteiger partial charge in [0.25, 0.3) is 5.92 Å². The van der Waals surface area contributed by atoms with Gasteiger partial charge >= 0.3 is 6.18 Å². The van der Waals surface area contributed by atoms with E-state index in [0.717, 1.165) is 12.3 Å². The second kappa shape index (κ2) is 8.76. The molecule has 34 heavy (non-hydrogen) atoms. The average Bonchev–Trinajstić information content (AvgIpc) is 3.39. The van der Waals surface area contributed by atoms with Crippen LogP contribution >= 0.6 is 0 Å². The minimum atomic E-state index is -4.53. The third-order valence-electron chi connectivity index (χ3n) is 5.17.